The molecule has 1 atom stereocenters. The van der Waals surface area contributed by atoms with E-state index >= 15 is 0 Å². The molecule has 2 rings (SSSR count). The number of hydrogen-bond acceptors (Lipinski definition) is 3. The maximum atomic E-state index is 12.0. The van der Waals surface area contributed by atoms with Crippen LogP contribution in [0, 0.1) is 0 Å². The molecule has 16 heavy (non-hydrogen) atoms. The van der Waals surface area contributed by atoms with Crippen molar-refractivity contribution in [3.63, 3.8) is 0 Å². The second kappa shape index (κ2) is 4.65. The summed E-state index contributed by atoms with van der Waals surface area (Å²) in [5.74, 6) is -1.05. The Hall–Kier alpha value is -1.36. The van der Waals surface area contributed by atoms with Crippen LogP contribution in [0.15, 0.2) is 17.5 Å². The van der Waals surface area contributed by atoms with Crippen LogP contribution in [0.25, 0.3) is 0 Å². The number of rotatable bonds is 2. The van der Waals surface area contributed by atoms with Crippen LogP contribution in [-0.2, 0) is 4.79 Å². The van der Waals surface area contributed by atoms with Gasteiger partial charge in [0, 0.05) is 6.54 Å². The fourth-order valence-electron chi connectivity index (χ4n) is 1.97. The molecule has 0 aromatic carbocycles. The van der Waals surface area contributed by atoms with Crippen LogP contribution in [0.5, 0.6) is 0 Å². The zero-order valence-corrected chi connectivity index (χ0v) is 9.57. The number of nitrogens with zero attached hydrogens (tertiary/aromatic N) is 1. The van der Waals surface area contributed by atoms with Gasteiger partial charge in [-0.1, -0.05) is 6.07 Å². The lowest BCUT2D eigenvalue weighted by Crippen LogP contribution is -2.47. The van der Waals surface area contributed by atoms with E-state index in [2.05, 4.69) is 0 Å². The number of carbonyl (C=O) groups excluding carboxylic acids is 1. The van der Waals surface area contributed by atoms with Crippen LogP contribution in [0.4, 0.5) is 0 Å². The molecule has 4 nitrogen and oxygen atoms in total. The van der Waals surface area contributed by atoms with Crippen LogP contribution in [0.3, 0.4) is 0 Å². The first-order valence-corrected chi connectivity index (χ1v) is 6.15. The van der Waals surface area contributed by atoms with Gasteiger partial charge in [0.2, 0.25) is 0 Å². The fraction of sp³-hybridized carbons (Fsp3) is 0.455. The first-order chi connectivity index (χ1) is 7.70. The summed E-state index contributed by atoms with van der Waals surface area (Å²) in [7, 11) is 0. The van der Waals surface area contributed by atoms with E-state index in [4.69, 9.17) is 5.11 Å². The maximum absolute atomic E-state index is 12.0. The van der Waals surface area contributed by atoms with Crippen molar-refractivity contribution in [2.45, 2.75) is 25.3 Å². The minimum absolute atomic E-state index is 0.151. The highest BCUT2D eigenvalue weighted by Crippen LogP contribution is 2.21. The number of carbonyl (C=O) groups is 2. The van der Waals surface area contributed by atoms with E-state index in [9.17, 15) is 9.59 Å². The molecular weight excluding hydrogens is 226 g/mol. The molecule has 0 saturated carbocycles. The smallest absolute Gasteiger partial charge is 0.326 e. The van der Waals surface area contributed by atoms with Gasteiger partial charge in [0.1, 0.15) is 6.04 Å². The Morgan fingerprint density at radius 2 is 2.25 bits per heavy atom. The Morgan fingerprint density at radius 3 is 2.88 bits per heavy atom. The SMILES string of the molecule is O=C(O)[C@@H]1CCCCN1C(=O)c1cccs1. The minimum atomic E-state index is -0.899. The fourth-order valence-corrected chi connectivity index (χ4v) is 2.65. The van der Waals surface area contributed by atoms with E-state index in [1.807, 2.05) is 5.38 Å². The molecule has 2 heterocycles. The Kier molecular flexibility index (Phi) is 3.24. The second-order valence-electron chi connectivity index (χ2n) is 3.83. The molecule has 0 spiro atoms. The lowest BCUT2D eigenvalue weighted by molar-refractivity contribution is -0.143. The zero-order valence-electron chi connectivity index (χ0n) is 8.76. The molecule has 1 amide bonds. The molecule has 0 unspecified atom stereocenters. The predicted octanol–water partition coefficient (Wildman–Crippen LogP) is 1.83. The molecule has 1 aliphatic heterocycles. The third-order valence-electron chi connectivity index (χ3n) is 2.78. The predicted molar refractivity (Wildman–Crippen MR) is 60.6 cm³/mol. The summed E-state index contributed by atoms with van der Waals surface area (Å²) in [6.07, 6.45) is 2.33. The number of likely N-dealkylation sites (tertiary alicyclic amines) is 1. The molecule has 1 aromatic heterocycles. The van der Waals surface area contributed by atoms with Gasteiger partial charge < -0.3 is 10.0 Å². The monoisotopic (exact) mass is 239 g/mol. The van der Waals surface area contributed by atoms with Gasteiger partial charge in [0.15, 0.2) is 0 Å². The van der Waals surface area contributed by atoms with Gasteiger partial charge in [0.25, 0.3) is 5.91 Å². The highest BCUT2D eigenvalue weighted by atomic mass is 32.1. The lowest BCUT2D eigenvalue weighted by atomic mass is 10.0. The molecule has 1 N–H and O–H groups in total. The Labute approximate surface area is 97.5 Å². The van der Waals surface area contributed by atoms with Gasteiger partial charge in [-0.3, -0.25) is 4.79 Å². The molecule has 0 radical (unpaired) electrons. The van der Waals surface area contributed by atoms with Crippen molar-refractivity contribution in [3.05, 3.63) is 22.4 Å². The van der Waals surface area contributed by atoms with Gasteiger partial charge in [0.05, 0.1) is 4.88 Å². The molecule has 1 saturated heterocycles. The zero-order chi connectivity index (χ0) is 11.5. The van der Waals surface area contributed by atoms with Crippen LogP contribution >= 0.6 is 11.3 Å². The summed E-state index contributed by atoms with van der Waals surface area (Å²) in [4.78, 5) is 25.2. The molecule has 1 fully saturated rings. The number of amides is 1. The average Bonchev–Trinajstić information content (AvgIpc) is 2.81. The van der Waals surface area contributed by atoms with Crippen LogP contribution in [0.1, 0.15) is 28.9 Å². The van der Waals surface area contributed by atoms with Crippen molar-refractivity contribution >= 4 is 23.2 Å². The molecule has 86 valence electrons. The van der Waals surface area contributed by atoms with E-state index in [0.29, 0.717) is 17.8 Å². The minimum Gasteiger partial charge on any atom is -0.480 e. The van der Waals surface area contributed by atoms with E-state index < -0.39 is 12.0 Å². The summed E-state index contributed by atoms with van der Waals surface area (Å²) in [5.41, 5.74) is 0. The second-order valence-corrected chi connectivity index (χ2v) is 4.77. The number of hydrogen-bond donors (Lipinski definition) is 1. The molecular formula is C11H13NO3S. The van der Waals surface area contributed by atoms with Crippen molar-refractivity contribution in [2.75, 3.05) is 6.54 Å². The Morgan fingerprint density at radius 1 is 1.44 bits per heavy atom. The summed E-state index contributed by atoms with van der Waals surface area (Å²) in [5, 5.41) is 10.9. The van der Waals surface area contributed by atoms with Crippen molar-refractivity contribution < 1.29 is 14.7 Å². The quantitative estimate of drug-likeness (QED) is 0.856. The van der Waals surface area contributed by atoms with Gasteiger partial charge >= 0.3 is 5.97 Å². The largest absolute Gasteiger partial charge is 0.480 e. The summed E-state index contributed by atoms with van der Waals surface area (Å²) in [6, 6.07) is 2.89. The highest BCUT2D eigenvalue weighted by molar-refractivity contribution is 7.12. The van der Waals surface area contributed by atoms with Crippen molar-refractivity contribution in [2.24, 2.45) is 0 Å². The maximum Gasteiger partial charge on any atom is 0.326 e. The number of thiophene rings is 1. The van der Waals surface area contributed by atoms with Crippen LogP contribution in [-0.4, -0.2) is 34.5 Å². The Bertz CT molecular complexity index is 388. The molecule has 5 heteroatoms. The summed E-state index contributed by atoms with van der Waals surface area (Å²) >= 11 is 1.35. The van der Waals surface area contributed by atoms with Gasteiger partial charge in [-0.05, 0) is 30.7 Å². The van der Waals surface area contributed by atoms with E-state index in [-0.39, 0.29) is 5.91 Å². The van der Waals surface area contributed by atoms with Crippen molar-refractivity contribution in [1.82, 2.24) is 4.90 Å². The highest BCUT2D eigenvalue weighted by Gasteiger charge is 2.32. The lowest BCUT2D eigenvalue weighted by Gasteiger charge is -2.32. The molecule has 1 aliphatic rings. The normalized spacial score (nSPS) is 20.8. The molecule has 0 aliphatic carbocycles. The van der Waals surface area contributed by atoms with Crippen LogP contribution < -0.4 is 0 Å². The number of piperidine rings is 1. The average molecular weight is 239 g/mol. The summed E-state index contributed by atoms with van der Waals surface area (Å²) < 4.78 is 0. The third-order valence-corrected chi connectivity index (χ3v) is 3.64. The summed E-state index contributed by atoms with van der Waals surface area (Å²) in [6.45, 7) is 0.549. The number of carboxylic acid groups (broad SMARTS) is 1. The van der Waals surface area contributed by atoms with Crippen molar-refractivity contribution in [3.8, 4) is 0 Å². The third kappa shape index (κ3) is 2.09. The van der Waals surface area contributed by atoms with Gasteiger partial charge in [-0.2, -0.15) is 0 Å². The number of aliphatic carboxylic acids is 1. The van der Waals surface area contributed by atoms with Gasteiger partial charge in [-0.15, -0.1) is 11.3 Å². The van der Waals surface area contributed by atoms with E-state index in [1.54, 1.807) is 12.1 Å². The van der Waals surface area contributed by atoms with Gasteiger partial charge in [-0.25, -0.2) is 4.79 Å². The van der Waals surface area contributed by atoms with Crippen molar-refractivity contribution in [1.29, 1.82) is 0 Å². The van der Waals surface area contributed by atoms with E-state index in [0.717, 1.165) is 12.8 Å². The first kappa shape index (κ1) is 11.1. The Balaban J connectivity index is 2.17. The van der Waals surface area contributed by atoms with E-state index in [1.165, 1.54) is 16.2 Å². The number of carboxylic acids is 1. The molecule has 1 aromatic rings. The topological polar surface area (TPSA) is 57.6 Å². The first-order valence-electron chi connectivity index (χ1n) is 5.27. The molecule has 0 bridgehead atoms. The standard InChI is InChI=1S/C11H13NO3S/c13-10(9-5-3-7-16-9)12-6-2-1-4-8(12)11(14)15/h3,5,7-8H,1-2,4,6H2,(H,14,15)/t8-/m0/s1. The van der Waals surface area contributed by atoms with Crippen LogP contribution in [0.2, 0.25) is 0 Å².